The molecule has 1 saturated heterocycles. The number of aliphatic hydroxyl groups is 5. The van der Waals surface area contributed by atoms with Gasteiger partial charge in [-0.2, -0.15) is 0 Å². The average molecular weight is 385 g/mol. The molecule has 3 rings (SSSR count). The molecule has 2 aromatic rings. The van der Waals surface area contributed by atoms with Crippen molar-refractivity contribution in [1.82, 2.24) is 0 Å². The number of aliphatic hydroxyl groups excluding tert-OH is 4. The second kappa shape index (κ2) is 6.10. The van der Waals surface area contributed by atoms with E-state index in [2.05, 4.69) is 15.9 Å². The summed E-state index contributed by atoms with van der Waals surface area (Å²) >= 11 is 3.36. The van der Waals surface area contributed by atoms with Crippen molar-refractivity contribution in [2.24, 2.45) is 0 Å². The van der Waals surface area contributed by atoms with Crippen molar-refractivity contribution >= 4 is 26.7 Å². The van der Waals surface area contributed by atoms with Crippen LogP contribution in [-0.2, 0) is 10.3 Å². The molecule has 0 aromatic heterocycles. The summed E-state index contributed by atoms with van der Waals surface area (Å²) < 4.78 is 5.94. The van der Waals surface area contributed by atoms with Crippen LogP contribution in [0.25, 0.3) is 10.8 Å². The van der Waals surface area contributed by atoms with E-state index in [0.29, 0.717) is 5.39 Å². The van der Waals surface area contributed by atoms with E-state index in [1.54, 1.807) is 24.3 Å². The first kappa shape index (κ1) is 16.8. The molecule has 5 N–H and O–H groups in total. The molecule has 1 heterocycles. The van der Waals surface area contributed by atoms with Gasteiger partial charge < -0.3 is 30.3 Å². The van der Waals surface area contributed by atoms with E-state index < -0.39 is 36.8 Å². The normalized spacial score (nSPS) is 34.7. The Bertz CT molecular complexity index is 723. The van der Waals surface area contributed by atoms with Crippen molar-refractivity contribution in [2.45, 2.75) is 30.2 Å². The van der Waals surface area contributed by atoms with Crippen LogP contribution in [0.2, 0.25) is 0 Å². The highest BCUT2D eigenvalue weighted by Gasteiger charge is 2.55. The minimum Gasteiger partial charge on any atom is -0.394 e. The van der Waals surface area contributed by atoms with Gasteiger partial charge in [0.1, 0.15) is 18.3 Å². The lowest BCUT2D eigenvalue weighted by molar-refractivity contribution is -0.334. The van der Waals surface area contributed by atoms with Gasteiger partial charge in [-0.15, -0.1) is 0 Å². The largest absolute Gasteiger partial charge is 0.394 e. The lowest BCUT2D eigenvalue weighted by atomic mass is 9.79. The zero-order valence-corrected chi connectivity index (χ0v) is 13.6. The number of hydrogen-bond donors (Lipinski definition) is 5. The first-order chi connectivity index (χ1) is 10.9. The van der Waals surface area contributed by atoms with E-state index in [1.165, 1.54) is 0 Å². The maximum atomic E-state index is 11.0. The number of fused-ring (bicyclic) bond motifs is 1. The zero-order chi connectivity index (χ0) is 16.8. The van der Waals surface area contributed by atoms with E-state index in [4.69, 9.17) is 9.84 Å². The lowest BCUT2D eigenvalue weighted by Crippen LogP contribution is -2.64. The Balaban J connectivity index is 2.16. The number of hydrogen-bond acceptors (Lipinski definition) is 6. The predicted molar refractivity (Wildman–Crippen MR) is 85.5 cm³/mol. The minimum atomic E-state index is -2.22. The number of halogens is 1. The number of ether oxygens (including phenoxy) is 1. The summed E-state index contributed by atoms with van der Waals surface area (Å²) in [6, 6.07) is 10.4. The summed E-state index contributed by atoms with van der Waals surface area (Å²) in [4.78, 5) is 0. The highest BCUT2D eigenvalue weighted by atomic mass is 79.9. The van der Waals surface area contributed by atoms with Crippen LogP contribution in [0.5, 0.6) is 0 Å². The average Bonchev–Trinajstić information content (AvgIpc) is 2.55. The van der Waals surface area contributed by atoms with Crippen LogP contribution < -0.4 is 0 Å². The van der Waals surface area contributed by atoms with Crippen LogP contribution in [0.4, 0.5) is 0 Å². The Morgan fingerprint density at radius 2 is 1.87 bits per heavy atom. The molecule has 5 atom stereocenters. The van der Waals surface area contributed by atoms with Gasteiger partial charge in [0.15, 0.2) is 11.9 Å². The fourth-order valence-corrected chi connectivity index (χ4v) is 3.39. The summed E-state index contributed by atoms with van der Waals surface area (Å²) in [5.41, 5.74) is -1.99. The monoisotopic (exact) mass is 384 g/mol. The molecule has 0 radical (unpaired) electrons. The highest BCUT2D eigenvalue weighted by Crippen LogP contribution is 2.40. The Morgan fingerprint density at radius 1 is 1.13 bits per heavy atom. The van der Waals surface area contributed by atoms with Crippen LogP contribution >= 0.6 is 15.9 Å². The van der Waals surface area contributed by atoms with E-state index in [-0.39, 0.29) is 5.56 Å². The standard InChI is InChI=1S/C16H17BrO6/c17-9-4-5-10-8(6-9)2-1-3-11(10)16(22)14(20)13(19)12(7-18)23-15(16)21/h1-6,12-15,18-22H,7H2/t12-,13+,14+,15-,16-/m1/s1. The van der Waals surface area contributed by atoms with Gasteiger partial charge in [0, 0.05) is 4.47 Å². The molecule has 1 aliphatic rings. The second-order valence-electron chi connectivity index (χ2n) is 5.64. The molecular formula is C16H17BrO6. The third kappa shape index (κ3) is 2.58. The van der Waals surface area contributed by atoms with E-state index in [0.717, 1.165) is 9.86 Å². The number of rotatable bonds is 2. The summed E-state index contributed by atoms with van der Waals surface area (Å²) in [7, 11) is 0. The Hall–Kier alpha value is -1.06. The van der Waals surface area contributed by atoms with Crippen LogP contribution in [0.1, 0.15) is 5.56 Å². The molecule has 0 spiro atoms. The molecule has 124 valence electrons. The van der Waals surface area contributed by atoms with Crippen molar-refractivity contribution in [3.63, 3.8) is 0 Å². The summed E-state index contributed by atoms with van der Waals surface area (Å²) in [6.07, 6.45) is -6.24. The molecule has 7 heteroatoms. The minimum absolute atomic E-state index is 0.234. The summed E-state index contributed by atoms with van der Waals surface area (Å²) in [6.45, 7) is -0.589. The molecule has 0 aliphatic carbocycles. The zero-order valence-electron chi connectivity index (χ0n) is 12.0. The fraction of sp³-hybridized carbons (Fsp3) is 0.375. The first-order valence-electron chi connectivity index (χ1n) is 7.11. The molecule has 6 nitrogen and oxygen atoms in total. The molecule has 1 aliphatic heterocycles. The maximum absolute atomic E-state index is 11.0. The Morgan fingerprint density at radius 3 is 2.57 bits per heavy atom. The van der Waals surface area contributed by atoms with E-state index >= 15 is 0 Å². The SMILES string of the molecule is OC[C@H]1O[C@@H](O)[C@@](O)(c2cccc3cc(Br)ccc23)[C@@H](O)[C@H]1O. The Kier molecular flexibility index (Phi) is 4.45. The molecule has 0 unspecified atom stereocenters. The molecular weight excluding hydrogens is 368 g/mol. The molecule has 23 heavy (non-hydrogen) atoms. The molecule has 0 saturated carbocycles. The quantitative estimate of drug-likeness (QED) is 0.506. The molecule has 2 aromatic carbocycles. The van der Waals surface area contributed by atoms with E-state index in [9.17, 15) is 20.4 Å². The molecule has 1 fully saturated rings. The fourth-order valence-electron chi connectivity index (χ4n) is 3.01. The maximum Gasteiger partial charge on any atom is 0.191 e. The van der Waals surface area contributed by atoms with Gasteiger partial charge in [-0.05, 0) is 28.5 Å². The van der Waals surface area contributed by atoms with Crippen LogP contribution in [-0.4, -0.2) is 56.7 Å². The van der Waals surface area contributed by atoms with Crippen molar-refractivity contribution in [1.29, 1.82) is 0 Å². The van der Waals surface area contributed by atoms with Crippen molar-refractivity contribution in [2.75, 3.05) is 6.61 Å². The number of benzene rings is 2. The molecule has 0 amide bonds. The van der Waals surface area contributed by atoms with Crippen molar-refractivity contribution in [3.05, 3.63) is 46.4 Å². The third-order valence-corrected chi connectivity index (χ3v) is 4.78. The van der Waals surface area contributed by atoms with Gasteiger partial charge in [0.05, 0.1) is 6.61 Å². The van der Waals surface area contributed by atoms with Crippen LogP contribution in [0, 0.1) is 0 Å². The lowest BCUT2D eigenvalue weighted by Gasteiger charge is -2.46. The van der Waals surface area contributed by atoms with Gasteiger partial charge >= 0.3 is 0 Å². The van der Waals surface area contributed by atoms with Gasteiger partial charge in [0.2, 0.25) is 0 Å². The van der Waals surface area contributed by atoms with E-state index in [1.807, 2.05) is 12.1 Å². The Labute approximate surface area is 140 Å². The highest BCUT2D eigenvalue weighted by molar-refractivity contribution is 9.10. The second-order valence-corrected chi connectivity index (χ2v) is 6.56. The smallest absolute Gasteiger partial charge is 0.191 e. The van der Waals surface area contributed by atoms with Gasteiger partial charge in [0.25, 0.3) is 0 Å². The third-order valence-electron chi connectivity index (χ3n) is 4.29. The van der Waals surface area contributed by atoms with Gasteiger partial charge in [-0.1, -0.05) is 40.2 Å². The van der Waals surface area contributed by atoms with Crippen LogP contribution in [0.3, 0.4) is 0 Å². The predicted octanol–water partition coefficient (Wildman–Crippen LogP) is 0.221. The summed E-state index contributed by atoms with van der Waals surface area (Å²) in [5.74, 6) is 0. The molecule has 0 bridgehead atoms. The van der Waals surface area contributed by atoms with Gasteiger partial charge in [-0.3, -0.25) is 0 Å². The van der Waals surface area contributed by atoms with Gasteiger partial charge in [-0.25, -0.2) is 0 Å². The first-order valence-corrected chi connectivity index (χ1v) is 7.90. The topological polar surface area (TPSA) is 110 Å². The van der Waals surface area contributed by atoms with Crippen LogP contribution in [0.15, 0.2) is 40.9 Å². The summed E-state index contributed by atoms with van der Waals surface area (Å²) in [5, 5.41) is 52.1. The van der Waals surface area contributed by atoms with Crippen molar-refractivity contribution < 1.29 is 30.3 Å². The van der Waals surface area contributed by atoms with Crippen molar-refractivity contribution in [3.8, 4) is 0 Å².